The average molecular weight is 254 g/mol. The smallest absolute Gasteiger partial charge is 0.233 e. The summed E-state index contributed by atoms with van der Waals surface area (Å²) in [6, 6.07) is 0. The molecule has 0 radical (unpaired) electrons. The molecule has 0 aliphatic carbocycles. The Morgan fingerprint density at radius 2 is 2.33 bits per heavy atom. The topological polar surface area (TPSA) is 114 Å². The van der Waals surface area contributed by atoms with Crippen molar-refractivity contribution in [3.63, 3.8) is 0 Å². The Labute approximate surface area is 105 Å². The van der Waals surface area contributed by atoms with Crippen LogP contribution in [0.4, 0.5) is 0 Å². The lowest BCUT2D eigenvalue weighted by atomic mass is 9.91. The molecule has 1 rings (SSSR count). The van der Waals surface area contributed by atoms with Crippen molar-refractivity contribution >= 4 is 11.7 Å². The van der Waals surface area contributed by atoms with E-state index in [4.69, 9.17) is 15.4 Å². The molecule has 0 atom stereocenters. The molecule has 0 saturated carbocycles. The molecule has 0 aromatic carbocycles. The van der Waals surface area contributed by atoms with E-state index >= 15 is 0 Å². The van der Waals surface area contributed by atoms with Crippen LogP contribution < -0.4 is 11.1 Å². The number of carbonyl (C=O) groups is 1. The maximum absolute atomic E-state index is 11.9. The molecule has 0 aliphatic heterocycles. The van der Waals surface area contributed by atoms with Gasteiger partial charge in [-0.2, -0.15) is 0 Å². The van der Waals surface area contributed by atoms with Crippen LogP contribution in [-0.4, -0.2) is 21.9 Å². The van der Waals surface area contributed by atoms with Crippen molar-refractivity contribution in [2.45, 2.75) is 33.7 Å². The van der Waals surface area contributed by atoms with Gasteiger partial charge in [-0.3, -0.25) is 4.79 Å². The number of nitrogens with two attached hydrogens (primary N) is 1. The lowest BCUT2D eigenvalue weighted by Gasteiger charge is -2.21. The summed E-state index contributed by atoms with van der Waals surface area (Å²) in [5.74, 6) is 0.668. The molecule has 18 heavy (non-hydrogen) atoms. The van der Waals surface area contributed by atoms with Crippen LogP contribution in [0.15, 0.2) is 15.8 Å². The standard InChI is InChI=1S/C11H18N4O3/c1-4-7-5-13-8(18-7)6-14-10(16)11(2,3)9(12)15-17/h5,17H,4,6H2,1-3H3,(H2,12,15)(H,14,16). The number of rotatable bonds is 5. The number of aryl methyl sites for hydroxylation is 1. The molecule has 1 aromatic rings. The highest BCUT2D eigenvalue weighted by Crippen LogP contribution is 2.15. The van der Waals surface area contributed by atoms with Crippen molar-refractivity contribution in [3.05, 3.63) is 17.8 Å². The number of amidine groups is 1. The molecule has 0 unspecified atom stereocenters. The van der Waals surface area contributed by atoms with Gasteiger partial charge in [0.2, 0.25) is 11.8 Å². The Hall–Kier alpha value is -2.05. The molecule has 0 bridgehead atoms. The number of aromatic nitrogens is 1. The number of hydrogen-bond donors (Lipinski definition) is 3. The number of carbonyl (C=O) groups excluding carboxylic acids is 1. The van der Waals surface area contributed by atoms with Crippen LogP contribution in [0.25, 0.3) is 0 Å². The first-order valence-electron chi connectivity index (χ1n) is 5.61. The van der Waals surface area contributed by atoms with Gasteiger partial charge in [-0.1, -0.05) is 12.1 Å². The summed E-state index contributed by atoms with van der Waals surface area (Å²) in [5, 5.41) is 14.1. The van der Waals surface area contributed by atoms with Gasteiger partial charge in [-0.15, -0.1) is 0 Å². The molecule has 0 aliphatic rings. The highest BCUT2D eigenvalue weighted by Gasteiger charge is 2.32. The number of nitrogens with zero attached hydrogens (tertiary/aromatic N) is 2. The predicted molar refractivity (Wildman–Crippen MR) is 64.9 cm³/mol. The van der Waals surface area contributed by atoms with E-state index in [9.17, 15) is 4.79 Å². The first kappa shape index (κ1) is 14.0. The van der Waals surface area contributed by atoms with Crippen molar-refractivity contribution in [2.75, 3.05) is 0 Å². The molecular weight excluding hydrogens is 236 g/mol. The second-order valence-corrected chi connectivity index (χ2v) is 4.37. The van der Waals surface area contributed by atoms with E-state index in [0.717, 1.165) is 12.2 Å². The van der Waals surface area contributed by atoms with Crippen LogP contribution in [-0.2, 0) is 17.8 Å². The fourth-order valence-corrected chi connectivity index (χ4v) is 1.21. The van der Waals surface area contributed by atoms with Gasteiger partial charge in [0, 0.05) is 6.42 Å². The fraction of sp³-hybridized carbons (Fsp3) is 0.545. The highest BCUT2D eigenvalue weighted by atomic mass is 16.4. The quantitative estimate of drug-likeness (QED) is 0.308. The molecule has 0 saturated heterocycles. The molecular formula is C11H18N4O3. The second kappa shape index (κ2) is 5.52. The molecule has 7 heteroatoms. The first-order valence-corrected chi connectivity index (χ1v) is 5.61. The number of oxazole rings is 1. The number of oxime groups is 1. The largest absolute Gasteiger partial charge is 0.444 e. The Morgan fingerprint density at radius 3 is 2.83 bits per heavy atom. The Kier molecular flexibility index (Phi) is 4.30. The first-order chi connectivity index (χ1) is 8.41. The molecule has 4 N–H and O–H groups in total. The van der Waals surface area contributed by atoms with Gasteiger partial charge in [0.05, 0.1) is 12.7 Å². The molecule has 1 amide bonds. The lowest BCUT2D eigenvalue weighted by molar-refractivity contribution is -0.126. The molecule has 7 nitrogen and oxygen atoms in total. The summed E-state index contributed by atoms with van der Waals surface area (Å²) < 4.78 is 5.35. The average Bonchev–Trinajstić information content (AvgIpc) is 2.82. The van der Waals surface area contributed by atoms with E-state index in [0.29, 0.717) is 5.89 Å². The molecule has 0 fully saturated rings. The summed E-state index contributed by atoms with van der Waals surface area (Å²) in [6.07, 6.45) is 2.37. The van der Waals surface area contributed by atoms with Crippen LogP contribution in [0.3, 0.4) is 0 Å². The van der Waals surface area contributed by atoms with Gasteiger partial charge >= 0.3 is 0 Å². The summed E-state index contributed by atoms with van der Waals surface area (Å²) >= 11 is 0. The van der Waals surface area contributed by atoms with Gasteiger partial charge in [0.1, 0.15) is 11.2 Å². The van der Waals surface area contributed by atoms with E-state index in [2.05, 4.69) is 15.5 Å². The highest BCUT2D eigenvalue weighted by molar-refractivity contribution is 6.05. The van der Waals surface area contributed by atoms with Crippen molar-refractivity contribution in [2.24, 2.45) is 16.3 Å². The van der Waals surface area contributed by atoms with Crippen LogP contribution in [0.2, 0.25) is 0 Å². The minimum absolute atomic E-state index is 0.151. The van der Waals surface area contributed by atoms with Crippen LogP contribution in [0.1, 0.15) is 32.4 Å². The Balaban J connectivity index is 2.61. The zero-order valence-electron chi connectivity index (χ0n) is 10.7. The van der Waals surface area contributed by atoms with Crippen molar-refractivity contribution < 1.29 is 14.4 Å². The summed E-state index contributed by atoms with van der Waals surface area (Å²) in [7, 11) is 0. The van der Waals surface area contributed by atoms with Crippen molar-refractivity contribution in [1.82, 2.24) is 10.3 Å². The van der Waals surface area contributed by atoms with Crippen molar-refractivity contribution in [1.29, 1.82) is 0 Å². The van der Waals surface area contributed by atoms with Gasteiger partial charge in [0.15, 0.2) is 5.84 Å². The van der Waals surface area contributed by atoms with Gasteiger partial charge in [-0.25, -0.2) is 4.98 Å². The van der Waals surface area contributed by atoms with E-state index in [1.54, 1.807) is 20.0 Å². The fourth-order valence-electron chi connectivity index (χ4n) is 1.21. The van der Waals surface area contributed by atoms with Gasteiger partial charge in [0.25, 0.3) is 0 Å². The number of hydrogen-bond acceptors (Lipinski definition) is 5. The van der Waals surface area contributed by atoms with Crippen LogP contribution in [0, 0.1) is 5.41 Å². The van der Waals surface area contributed by atoms with E-state index < -0.39 is 5.41 Å². The number of nitrogens with one attached hydrogen (secondary N) is 1. The monoisotopic (exact) mass is 254 g/mol. The normalized spacial score (nSPS) is 12.5. The molecule has 1 aromatic heterocycles. The van der Waals surface area contributed by atoms with Crippen LogP contribution >= 0.6 is 0 Å². The minimum atomic E-state index is -1.09. The third-order valence-electron chi connectivity index (χ3n) is 2.67. The maximum atomic E-state index is 11.9. The third kappa shape index (κ3) is 2.99. The number of amides is 1. The van der Waals surface area contributed by atoms with Gasteiger partial charge in [-0.05, 0) is 13.8 Å². The molecule has 1 heterocycles. The van der Waals surface area contributed by atoms with E-state index in [1.807, 2.05) is 6.92 Å². The van der Waals surface area contributed by atoms with Gasteiger partial charge < -0.3 is 20.7 Å². The zero-order chi connectivity index (χ0) is 13.8. The Bertz CT molecular complexity index is 451. The van der Waals surface area contributed by atoms with Crippen LogP contribution in [0.5, 0.6) is 0 Å². The second-order valence-electron chi connectivity index (χ2n) is 4.37. The predicted octanol–water partition coefficient (Wildman–Crippen LogP) is 0.626. The molecule has 0 spiro atoms. The Morgan fingerprint density at radius 1 is 1.67 bits per heavy atom. The van der Waals surface area contributed by atoms with E-state index in [1.165, 1.54) is 0 Å². The SMILES string of the molecule is CCc1cnc(CNC(=O)C(C)(C)C(N)=NO)o1. The summed E-state index contributed by atoms with van der Waals surface area (Å²) in [6.45, 7) is 5.24. The summed E-state index contributed by atoms with van der Waals surface area (Å²) in [5.41, 5.74) is 4.36. The minimum Gasteiger partial charge on any atom is -0.444 e. The third-order valence-corrected chi connectivity index (χ3v) is 2.67. The maximum Gasteiger partial charge on any atom is 0.233 e. The molecule has 100 valence electrons. The zero-order valence-corrected chi connectivity index (χ0v) is 10.7. The summed E-state index contributed by atoms with van der Waals surface area (Å²) in [4.78, 5) is 15.9. The van der Waals surface area contributed by atoms with E-state index in [-0.39, 0.29) is 18.3 Å². The lowest BCUT2D eigenvalue weighted by Crippen LogP contribution is -2.45. The van der Waals surface area contributed by atoms with Crippen molar-refractivity contribution in [3.8, 4) is 0 Å².